The highest BCUT2D eigenvalue weighted by atomic mass is 35.5. The molecule has 0 radical (unpaired) electrons. The molecule has 1 amide bonds. The third kappa shape index (κ3) is 6.77. The number of alkyl halides is 1. The zero-order chi connectivity index (χ0) is 11.9. The smallest absolute Gasteiger partial charge is 0.220 e. The van der Waals surface area contributed by atoms with E-state index in [1.54, 1.807) is 0 Å². The topological polar surface area (TPSA) is 29.1 Å². The molecule has 0 unspecified atom stereocenters. The number of unbranched alkanes of at least 4 members (excludes halogenated alkanes) is 1. The van der Waals surface area contributed by atoms with Crippen molar-refractivity contribution >= 4 is 17.5 Å². The lowest BCUT2D eigenvalue weighted by molar-refractivity contribution is -0.121. The van der Waals surface area contributed by atoms with Crippen molar-refractivity contribution < 1.29 is 4.79 Å². The summed E-state index contributed by atoms with van der Waals surface area (Å²) >= 11 is 5.54. The lowest BCUT2D eigenvalue weighted by atomic mass is 9.81. The molecule has 0 saturated heterocycles. The molecule has 15 heavy (non-hydrogen) atoms. The van der Waals surface area contributed by atoms with Crippen LogP contribution >= 0.6 is 11.6 Å². The van der Waals surface area contributed by atoms with Gasteiger partial charge in [0.05, 0.1) is 0 Å². The van der Waals surface area contributed by atoms with Gasteiger partial charge in [0.2, 0.25) is 5.91 Å². The Bertz CT molecular complexity index is 190. The van der Waals surface area contributed by atoms with Crippen molar-refractivity contribution in [1.29, 1.82) is 0 Å². The Kier molecular flexibility index (Phi) is 6.99. The third-order valence-electron chi connectivity index (χ3n) is 3.09. The average molecular weight is 234 g/mol. The molecule has 3 heteroatoms. The molecule has 0 aromatic rings. The van der Waals surface area contributed by atoms with Crippen LogP contribution in [0, 0.1) is 11.3 Å². The van der Waals surface area contributed by atoms with E-state index in [-0.39, 0.29) is 11.3 Å². The largest absolute Gasteiger partial charge is 0.356 e. The van der Waals surface area contributed by atoms with E-state index >= 15 is 0 Å². The van der Waals surface area contributed by atoms with E-state index in [0.717, 1.165) is 19.4 Å². The zero-order valence-corrected chi connectivity index (χ0v) is 11.2. The first-order valence-corrected chi connectivity index (χ1v) is 6.26. The number of carbonyl (C=O) groups is 1. The minimum atomic E-state index is 0.147. The molecule has 0 aromatic heterocycles. The van der Waals surface area contributed by atoms with E-state index in [1.807, 2.05) is 0 Å². The molecule has 2 nitrogen and oxygen atoms in total. The second-order valence-corrected chi connectivity index (χ2v) is 5.44. The number of rotatable bonds is 7. The molecule has 0 bridgehead atoms. The van der Waals surface area contributed by atoms with Crippen molar-refractivity contribution in [3.05, 3.63) is 0 Å². The lowest BCUT2D eigenvalue weighted by Gasteiger charge is -2.29. The molecule has 0 aliphatic heterocycles. The number of hydrogen-bond donors (Lipinski definition) is 1. The summed E-state index contributed by atoms with van der Waals surface area (Å²) in [7, 11) is 0. The van der Waals surface area contributed by atoms with E-state index in [1.165, 1.54) is 0 Å². The summed E-state index contributed by atoms with van der Waals surface area (Å²) < 4.78 is 0. The maximum atomic E-state index is 11.4. The maximum Gasteiger partial charge on any atom is 0.220 e. The standard InChI is InChI=1S/C12H24ClNO/c1-10(2)12(3,4)9-14-11(15)7-5-6-8-13/h10H,5-9H2,1-4H3,(H,14,15). The van der Waals surface area contributed by atoms with Gasteiger partial charge in [0.25, 0.3) is 0 Å². The second-order valence-electron chi connectivity index (χ2n) is 5.07. The highest BCUT2D eigenvalue weighted by Crippen LogP contribution is 2.24. The molecule has 0 saturated carbocycles. The molecule has 0 spiro atoms. The van der Waals surface area contributed by atoms with Crippen molar-refractivity contribution in [2.45, 2.75) is 47.0 Å². The predicted octanol–water partition coefficient (Wildman–Crippen LogP) is 3.19. The molecule has 0 fully saturated rings. The Morgan fingerprint density at radius 1 is 1.33 bits per heavy atom. The van der Waals surface area contributed by atoms with Gasteiger partial charge in [-0.25, -0.2) is 0 Å². The number of hydrogen-bond acceptors (Lipinski definition) is 1. The molecule has 0 aliphatic rings. The lowest BCUT2D eigenvalue weighted by Crippen LogP contribution is -2.36. The maximum absolute atomic E-state index is 11.4. The Morgan fingerprint density at radius 2 is 1.93 bits per heavy atom. The number of halogens is 1. The van der Waals surface area contributed by atoms with E-state index in [0.29, 0.717) is 18.2 Å². The summed E-state index contributed by atoms with van der Waals surface area (Å²) in [6, 6.07) is 0. The SMILES string of the molecule is CC(C)C(C)(C)CNC(=O)CCCCCl. The minimum absolute atomic E-state index is 0.147. The molecular weight excluding hydrogens is 210 g/mol. The van der Waals surface area contributed by atoms with Crippen LogP contribution in [0.15, 0.2) is 0 Å². The first-order chi connectivity index (χ1) is 6.90. The molecule has 0 aromatic carbocycles. The van der Waals surface area contributed by atoms with E-state index in [2.05, 4.69) is 33.0 Å². The van der Waals surface area contributed by atoms with Gasteiger partial charge in [-0.3, -0.25) is 4.79 Å². The second kappa shape index (κ2) is 7.10. The average Bonchev–Trinajstić information content (AvgIpc) is 2.15. The number of carbonyl (C=O) groups excluding carboxylic acids is 1. The van der Waals surface area contributed by atoms with Crippen LogP contribution in [0.3, 0.4) is 0 Å². The third-order valence-corrected chi connectivity index (χ3v) is 3.36. The fourth-order valence-corrected chi connectivity index (χ4v) is 1.19. The van der Waals surface area contributed by atoms with Gasteiger partial charge in [-0.1, -0.05) is 27.7 Å². The van der Waals surface area contributed by atoms with E-state index in [4.69, 9.17) is 11.6 Å². The molecule has 0 aliphatic carbocycles. The normalized spacial score (nSPS) is 11.9. The number of amides is 1. The predicted molar refractivity (Wildman–Crippen MR) is 66.2 cm³/mol. The van der Waals surface area contributed by atoms with E-state index in [9.17, 15) is 4.79 Å². The number of nitrogens with one attached hydrogen (secondary N) is 1. The fourth-order valence-electron chi connectivity index (χ4n) is 0.999. The summed E-state index contributed by atoms with van der Waals surface area (Å²) in [4.78, 5) is 11.4. The van der Waals surface area contributed by atoms with Gasteiger partial charge in [-0.15, -0.1) is 11.6 Å². The zero-order valence-electron chi connectivity index (χ0n) is 10.4. The molecule has 0 atom stereocenters. The van der Waals surface area contributed by atoms with E-state index < -0.39 is 0 Å². The van der Waals surface area contributed by atoms with Gasteiger partial charge in [0.15, 0.2) is 0 Å². The van der Waals surface area contributed by atoms with Crippen molar-refractivity contribution in [3.8, 4) is 0 Å². The van der Waals surface area contributed by atoms with Gasteiger partial charge in [-0.05, 0) is 24.2 Å². The van der Waals surface area contributed by atoms with Crippen LogP contribution in [0.4, 0.5) is 0 Å². The van der Waals surface area contributed by atoms with Crippen LogP contribution in [0.25, 0.3) is 0 Å². The van der Waals surface area contributed by atoms with Gasteiger partial charge in [-0.2, -0.15) is 0 Å². The first-order valence-electron chi connectivity index (χ1n) is 5.73. The van der Waals surface area contributed by atoms with Crippen LogP contribution in [0.1, 0.15) is 47.0 Å². The Labute approximate surface area is 98.8 Å². The van der Waals surface area contributed by atoms with Gasteiger partial charge in [0.1, 0.15) is 0 Å². The highest BCUT2D eigenvalue weighted by molar-refractivity contribution is 6.17. The highest BCUT2D eigenvalue weighted by Gasteiger charge is 2.22. The van der Waals surface area contributed by atoms with Crippen LogP contribution in [-0.4, -0.2) is 18.3 Å². The van der Waals surface area contributed by atoms with Gasteiger partial charge in [0, 0.05) is 18.8 Å². The molecule has 1 N–H and O–H groups in total. The van der Waals surface area contributed by atoms with Crippen LogP contribution in [0.2, 0.25) is 0 Å². The Balaban J connectivity index is 3.71. The molecule has 0 heterocycles. The summed E-state index contributed by atoms with van der Waals surface area (Å²) in [5.41, 5.74) is 0.169. The summed E-state index contributed by atoms with van der Waals surface area (Å²) in [5.74, 6) is 1.36. The summed E-state index contributed by atoms with van der Waals surface area (Å²) in [5, 5.41) is 2.98. The molecule has 90 valence electrons. The first kappa shape index (κ1) is 14.8. The quantitative estimate of drug-likeness (QED) is 0.531. The van der Waals surface area contributed by atoms with Crippen LogP contribution in [-0.2, 0) is 4.79 Å². The Morgan fingerprint density at radius 3 is 2.40 bits per heavy atom. The van der Waals surface area contributed by atoms with Crippen molar-refractivity contribution in [3.63, 3.8) is 0 Å². The minimum Gasteiger partial charge on any atom is -0.356 e. The monoisotopic (exact) mass is 233 g/mol. The van der Waals surface area contributed by atoms with Crippen molar-refractivity contribution in [2.75, 3.05) is 12.4 Å². The molecule has 0 rings (SSSR count). The van der Waals surface area contributed by atoms with Gasteiger partial charge >= 0.3 is 0 Å². The Hall–Kier alpha value is -0.240. The van der Waals surface area contributed by atoms with Gasteiger partial charge < -0.3 is 5.32 Å². The molecular formula is C12H24ClNO. The van der Waals surface area contributed by atoms with Crippen LogP contribution in [0.5, 0.6) is 0 Å². The summed E-state index contributed by atoms with van der Waals surface area (Å²) in [6.45, 7) is 9.47. The van der Waals surface area contributed by atoms with Crippen molar-refractivity contribution in [2.24, 2.45) is 11.3 Å². The van der Waals surface area contributed by atoms with Crippen LogP contribution < -0.4 is 5.32 Å². The van der Waals surface area contributed by atoms with Crippen molar-refractivity contribution in [1.82, 2.24) is 5.32 Å². The summed E-state index contributed by atoms with van der Waals surface area (Å²) in [6.07, 6.45) is 2.40. The fraction of sp³-hybridized carbons (Fsp3) is 0.917.